The molecule has 0 aliphatic carbocycles. The van der Waals surface area contributed by atoms with E-state index in [1.807, 2.05) is 24.5 Å². The summed E-state index contributed by atoms with van der Waals surface area (Å²) >= 11 is 0. The van der Waals surface area contributed by atoms with E-state index in [0.29, 0.717) is 31.0 Å². The minimum atomic E-state index is 0.0591. The van der Waals surface area contributed by atoms with Crippen LogP contribution in [0.25, 0.3) is 0 Å². The quantitative estimate of drug-likeness (QED) is 0.786. The van der Waals surface area contributed by atoms with Crippen molar-refractivity contribution in [3.05, 3.63) is 23.0 Å². The highest BCUT2D eigenvalue weighted by Crippen LogP contribution is 2.13. The fourth-order valence-electron chi connectivity index (χ4n) is 1.91. The summed E-state index contributed by atoms with van der Waals surface area (Å²) in [5, 5.41) is 2.89. The molecule has 0 saturated heterocycles. The highest BCUT2D eigenvalue weighted by molar-refractivity contribution is 5.77. The van der Waals surface area contributed by atoms with Crippen LogP contribution in [-0.4, -0.2) is 23.3 Å². The number of carbonyl (C=O) groups is 2. The molecule has 0 bridgehead atoms. The van der Waals surface area contributed by atoms with E-state index >= 15 is 0 Å². The number of hydrogen-bond acceptors (Lipinski definition) is 2. The summed E-state index contributed by atoms with van der Waals surface area (Å²) < 4.78 is 2.01. The van der Waals surface area contributed by atoms with E-state index in [1.165, 1.54) is 0 Å². The van der Waals surface area contributed by atoms with Gasteiger partial charge in [0.1, 0.15) is 0 Å². The number of carbonyl (C=O) groups excluding carboxylic acids is 2. The molecule has 0 aliphatic heterocycles. The highest BCUT2D eigenvalue weighted by Gasteiger charge is 2.09. The monoisotopic (exact) mass is 250 g/mol. The average molecular weight is 250 g/mol. The predicted molar refractivity (Wildman–Crippen MR) is 71.8 cm³/mol. The van der Waals surface area contributed by atoms with Crippen molar-refractivity contribution in [3.8, 4) is 0 Å². The minimum absolute atomic E-state index is 0.0591. The second kappa shape index (κ2) is 6.38. The molecule has 18 heavy (non-hydrogen) atoms. The van der Waals surface area contributed by atoms with E-state index < -0.39 is 0 Å². The SMILES string of the molecule is Cc1cc(C=O)c(C)n1CCC(=O)NCC(C)C. The molecule has 100 valence electrons. The number of nitrogens with one attached hydrogen (secondary N) is 1. The molecular weight excluding hydrogens is 228 g/mol. The lowest BCUT2D eigenvalue weighted by atomic mass is 10.2. The molecule has 0 unspecified atom stereocenters. The predicted octanol–water partition coefficient (Wildman–Crippen LogP) is 2.08. The van der Waals surface area contributed by atoms with Crippen LogP contribution in [0.1, 0.15) is 42.0 Å². The second-order valence-electron chi connectivity index (χ2n) is 5.04. The molecule has 1 aromatic rings. The molecule has 4 heteroatoms. The van der Waals surface area contributed by atoms with Gasteiger partial charge in [0, 0.05) is 36.5 Å². The first kappa shape index (κ1) is 14.5. The van der Waals surface area contributed by atoms with E-state index in [1.54, 1.807) is 0 Å². The summed E-state index contributed by atoms with van der Waals surface area (Å²) in [5.41, 5.74) is 2.65. The second-order valence-corrected chi connectivity index (χ2v) is 5.04. The summed E-state index contributed by atoms with van der Waals surface area (Å²) in [7, 11) is 0. The molecule has 4 nitrogen and oxygen atoms in total. The Balaban J connectivity index is 2.56. The molecule has 1 heterocycles. The molecular formula is C14H22N2O2. The third kappa shape index (κ3) is 3.72. The highest BCUT2D eigenvalue weighted by atomic mass is 16.1. The number of rotatable bonds is 6. The van der Waals surface area contributed by atoms with Gasteiger partial charge >= 0.3 is 0 Å². The normalized spacial score (nSPS) is 10.7. The first-order valence-electron chi connectivity index (χ1n) is 6.34. The Labute approximate surface area is 108 Å². The Bertz CT molecular complexity index is 433. The number of aromatic nitrogens is 1. The Hall–Kier alpha value is -1.58. The van der Waals surface area contributed by atoms with E-state index in [4.69, 9.17) is 0 Å². The van der Waals surface area contributed by atoms with Gasteiger partial charge < -0.3 is 9.88 Å². The summed E-state index contributed by atoms with van der Waals surface area (Å²) in [5.74, 6) is 0.523. The molecule has 0 spiro atoms. The van der Waals surface area contributed by atoms with Crippen LogP contribution in [0.2, 0.25) is 0 Å². The number of aryl methyl sites for hydroxylation is 1. The van der Waals surface area contributed by atoms with Gasteiger partial charge in [0.25, 0.3) is 0 Å². The molecule has 0 saturated carbocycles. The molecule has 0 radical (unpaired) electrons. The van der Waals surface area contributed by atoms with E-state index in [-0.39, 0.29) is 5.91 Å². The van der Waals surface area contributed by atoms with Crippen molar-refractivity contribution in [2.75, 3.05) is 6.54 Å². The van der Waals surface area contributed by atoms with E-state index in [0.717, 1.165) is 17.7 Å². The van der Waals surface area contributed by atoms with Crippen molar-refractivity contribution >= 4 is 12.2 Å². The molecule has 0 aliphatic rings. The van der Waals surface area contributed by atoms with Crippen LogP contribution >= 0.6 is 0 Å². The van der Waals surface area contributed by atoms with Crippen molar-refractivity contribution in [1.82, 2.24) is 9.88 Å². The lowest BCUT2D eigenvalue weighted by molar-refractivity contribution is -0.121. The topological polar surface area (TPSA) is 51.1 Å². The molecule has 1 aromatic heterocycles. The smallest absolute Gasteiger partial charge is 0.221 e. The summed E-state index contributed by atoms with van der Waals surface area (Å²) in [4.78, 5) is 22.4. The van der Waals surface area contributed by atoms with Gasteiger partial charge in [0.2, 0.25) is 5.91 Å². The third-order valence-corrected chi connectivity index (χ3v) is 3.01. The van der Waals surface area contributed by atoms with Gasteiger partial charge in [-0.15, -0.1) is 0 Å². The van der Waals surface area contributed by atoms with Gasteiger partial charge in [-0.2, -0.15) is 0 Å². The van der Waals surface area contributed by atoms with Crippen LogP contribution in [0.15, 0.2) is 6.07 Å². The van der Waals surface area contributed by atoms with E-state index in [9.17, 15) is 9.59 Å². The first-order valence-corrected chi connectivity index (χ1v) is 6.34. The van der Waals surface area contributed by atoms with Crippen LogP contribution < -0.4 is 5.32 Å². The molecule has 1 N–H and O–H groups in total. The largest absolute Gasteiger partial charge is 0.356 e. The molecule has 0 aromatic carbocycles. The molecule has 0 atom stereocenters. The fourth-order valence-corrected chi connectivity index (χ4v) is 1.91. The van der Waals surface area contributed by atoms with Gasteiger partial charge in [-0.3, -0.25) is 9.59 Å². The van der Waals surface area contributed by atoms with Gasteiger partial charge in [0.15, 0.2) is 6.29 Å². The van der Waals surface area contributed by atoms with E-state index in [2.05, 4.69) is 19.2 Å². The van der Waals surface area contributed by atoms with Crippen molar-refractivity contribution in [1.29, 1.82) is 0 Å². The van der Waals surface area contributed by atoms with Crippen LogP contribution in [0.5, 0.6) is 0 Å². The van der Waals surface area contributed by atoms with Crippen molar-refractivity contribution in [2.24, 2.45) is 5.92 Å². The Kier molecular flexibility index (Phi) is 5.13. The number of aldehydes is 1. The number of hydrogen-bond donors (Lipinski definition) is 1. The van der Waals surface area contributed by atoms with Crippen LogP contribution in [0, 0.1) is 19.8 Å². The first-order chi connectivity index (χ1) is 8.45. The van der Waals surface area contributed by atoms with Crippen LogP contribution in [0.4, 0.5) is 0 Å². The van der Waals surface area contributed by atoms with Crippen molar-refractivity contribution in [2.45, 2.75) is 40.7 Å². The van der Waals surface area contributed by atoms with Gasteiger partial charge in [0.05, 0.1) is 0 Å². The maximum atomic E-state index is 11.6. The minimum Gasteiger partial charge on any atom is -0.356 e. The summed E-state index contributed by atoms with van der Waals surface area (Å²) in [6, 6.07) is 1.86. The van der Waals surface area contributed by atoms with Crippen molar-refractivity contribution < 1.29 is 9.59 Å². The third-order valence-electron chi connectivity index (χ3n) is 3.01. The molecule has 0 fully saturated rings. The molecule has 1 amide bonds. The lowest BCUT2D eigenvalue weighted by Crippen LogP contribution is -2.28. The standard InChI is InChI=1S/C14H22N2O2/c1-10(2)8-15-14(18)5-6-16-11(3)7-13(9-17)12(16)4/h7,9-10H,5-6,8H2,1-4H3,(H,15,18). The van der Waals surface area contributed by atoms with Gasteiger partial charge in [-0.25, -0.2) is 0 Å². The summed E-state index contributed by atoms with van der Waals surface area (Å²) in [6.07, 6.45) is 1.30. The Morgan fingerprint density at radius 1 is 1.44 bits per heavy atom. The number of amides is 1. The zero-order valence-corrected chi connectivity index (χ0v) is 11.6. The maximum Gasteiger partial charge on any atom is 0.221 e. The zero-order valence-electron chi connectivity index (χ0n) is 11.6. The lowest BCUT2D eigenvalue weighted by Gasteiger charge is -2.11. The average Bonchev–Trinajstić information content (AvgIpc) is 2.59. The Morgan fingerprint density at radius 2 is 2.11 bits per heavy atom. The van der Waals surface area contributed by atoms with Crippen molar-refractivity contribution in [3.63, 3.8) is 0 Å². The van der Waals surface area contributed by atoms with Crippen LogP contribution in [0.3, 0.4) is 0 Å². The number of nitrogens with zero attached hydrogens (tertiary/aromatic N) is 1. The molecule has 1 rings (SSSR count). The van der Waals surface area contributed by atoms with Gasteiger partial charge in [-0.1, -0.05) is 13.8 Å². The summed E-state index contributed by atoms with van der Waals surface area (Å²) in [6.45, 7) is 9.32. The maximum absolute atomic E-state index is 11.6. The Morgan fingerprint density at radius 3 is 2.61 bits per heavy atom. The van der Waals surface area contributed by atoms with Crippen LogP contribution in [-0.2, 0) is 11.3 Å². The zero-order chi connectivity index (χ0) is 13.7. The van der Waals surface area contributed by atoms with Gasteiger partial charge in [-0.05, 0) is 25.8 Å². The fraction of sp³-hybridized carbons (Fsp3) is 0.571.